The molecule has 1 unspecified atom stereocenters. The third-order valence-electron chi connectivity index (χ3n) is 3.23. The third kappa shape index (κ3) is 1.30. The zero-order chi connectivity index (χ0) is 10.3. The van der Waals surface area contributed by atoms with Crippen LogP contribution in [0.5, 0.6) is 0 Å². The number of fused-ring (bicyclic) bond motifs is 1. The second-order valence-corrected chi connectivity index (χ2v) is 4.28. The number of aryl methyl sites for hydroxylation is 2. The molecule has 2 N–H and O–H groups in total. The van der Waals surface area contributed by atoms with E-state index in [9.17, 15) is 0 Å². The largest absolute Gasteiger partial charge is 0.370 e. The van der Waals surface area contributed by atoms with Crippen LogP contribution >= 0.6 is 0 Å². The van der Waals surface area contributed by atoms with Crippen LogP contribution in [0.15, 0.2) is 12.1 Å². The summed E-state index contributed by atoms with van der Waals surface area (Å²) in [5, 5.41) is 0. The minimum atomic E-state index is 0.491. The Morgan fingerprint density at radius 1 is 1.43 bits per heavy atom. The lowest BCUT2D eigenvalue weighted by molar-refractivity contribution is 0.674. The van der Waals surface area contributed by atoms with Gasteiger partial charge in [-0.25, -0.2) is 0 Å². The Bertz CT molecular complexity index is 358. The highest BCUT2D eigenvalue weighted by atomic mass is 15.2. The molecule has 2 heteroatoms. The van der Waals surface area contributed by atoms with Crippen molar-refractivity contribution in [1.82, 2.24) is 0 Å². The van der Waals surface area contributed by atoms with E-state index in [-0.39, 0.29) is 0 Å². The molecule has 1 atom stereocenters. The highest BCUT2D eigenvalue weighted by Crippen LogP contribution is 2.33. The van der Waals surface area contributed by atoms with Gasteiger partial charge in [0.15, 0.2) is 0 Å². The van der Waals surface area contributed by atoms with Crippen LogP contribution in [0.3, 0.4) is 0 Å². The van der Waals surface area contributed by atoms with Crippen molar-refractivity contribution in [3.05, 3.63) is 28.8 Å². The van der Waals surface area contributed by atoms with Crippen molar-refractivity contribution >= 4 is 5.69 Å². The van der Waals surface area contributed by atoms with Crippen LogP contribution in [0.25, 0.3) is 0 Å². The summed E-state index contributed by atoms with van der Waals surface area (Å²) in [4.78, 5) is 2.31. The molecule has 0 aromatic heterocycles. The second kappa shape index (κ2) is 3.28. The summed E-state index contributed by atoms with van der Waals surface area (Å²) in [7, 11) is 2.14. The van der Waals surface area contributed by atoms with Gasteiger partial charge in [-0.15, -0.1) is 0 Å². The fourth-order valence-corrected chi connectivity index (χ4v) is 2.37. The molecule has 0 saturated heterocycles. The molecular formula is C12H18N2. The van der Waals surface area contributed by atoms with Gasteiger partial charge in [0.25, 0.3) is 0 Å². The van der Waals surface area contributed by atoms with Crippen molar-refractivity contribution < 1.29 is 0 Å². The van der Waals surface area contributed by atoms with Gasteiger partial charge < -0.3 is 10.6 Å². The number of rotatable bonds is 1. The first-order valence-electron chi connectivity index (χ1n) is 5.16. The van der Waals surface area contributed by atoms with E-state index in [1.54, 1.807) is 0 Å². The molecule has 1 heterocycles. The maximum atomic E-state index is 5.75. The molecule has 0 radical (unpaired) electrons. The van der Waals surface area contributed by atoms with Gasteiger partial charge in [-0.1, -0.05) is 6.07 Å². The van der Waals surface area contributed by atoms with E-state index in [1.165, 1.54) is 22.4 Å². The molecule has 14 heavy (non-hydrogen) atoms. The lowest BCUT2D eigenvalue weighted by atomic mass is 10.0. The molecule has 76 valence electrons. The summed E-state index contributed by atoms with van der Waals surface area (Å²) < 4.78 is 0. The standard InChI is InChI=1S/C12H18N2/c1-8-4-9(2)11-6-10(7-13)14(3)12(11)5-8/h4-5,10H,6-7,13H2,1-3H3. The molecule has 0 aliphatic carbocycles. The molecule has 1 aromatic carbocycles. The minimum Gasteiger partial charge on any atom is -0.370 e. The Morgan fingerprint density at radius 3 is 2.79 bits per heavy atom. The fourth-order valence-electron chi connectivity index (χ4n) is 2.37. The van der Waals surface area contributed by atoms with Crippen LogP contribution in [-0.2, 0) is 6.42 Å². The summed E-state index contributed by atoms with van der Waals surface area (Å²) >= 11 is 0. The van der Waals surface area contributed by atoms with E-state index in [2.05, 4.69) is 37.9 Å². The van der Waals surface area contributed by atoms with Gasteiger partial charge in [0, 0.05) is 25.3 Å². The number of anilines is 1. The van der Waals surface area contributed by atoms with Crippen LogP contribution in [0.1, 0.15) is 16.7 Å². The van der Waals surface area contributed by atoms with Crippen molar-refractivity contribution in [2.75, 3.05) is 18.5 Å². The van der Waals surface area contributed by atoms with Crippen molar-refractivity contribution in [3.63, 3.8) is 0 Å². The molecule has 0 bridgehead atoms. The van der Waals surface area contributed by atoms with Crippen molar-refractivity contribution in [3.8, 4) is 0 Å². The maximum absolute atomic E-state index is 5.75. The average molecular weight is 190 g/mol. The van der Waals surface area contributed by atoms with E-state index in [0.29, 0.717) is 6.04 Å². The van der Waals surface area contributed by atoms with Crippen LogP contribution in [0, 0.1) is 13.8 Å². The maximum Gasteiger partial charge on any atom is 0.0450 e. The Hall–Kier alpha value is -1.02. The Kier molecular flexibility index (Phi) is 2.23. The minimum absolute atomic E-state index is 0.491. The fraction of sp³-hybridized carbons (Fsp3) is 0.500. The Balaban J connectivity index is 2.48. The van der Waals surface area contributed by atoms with Crippen LogP contribution in [0.4, 0.5) is 5.69 Å². The Morgan fingerprint density at radius 2 is 2.14 bits per heavy atom. The molecule has 1 aliphatic rings. The molecule has 2 nitrogen and oxygen atoms in total. The van der Waals surface area contributed by atoms with Crippen molar-refractivity contribution in [2.24, 2.45) is 5.73 Å². The number of benzene rings is 1. The zero-order valence-electron chi connectivity index (χ0n) is 9.17. The van der Waals surface area contributed by atoms with Gasteiger partial charge in [-0.3, -0.25) is 0 Å². The highest BCUT2D eigenvalue weighted by molar-refractivity contribution is 5.63. The topological polar surface area (TPSA) is 29.3 Å². The molecule has 2 rings (SSSR count). The van der Waals surface area contributed by atoms with E-state index in [1.807, 2.05) is 0 Å². The zero-order valence-corrected chi connectivity index (χ0v) is 9.17. The summed E-state index contributed by atoms with van der Waals surface area (Å²) in [5.74, 6) is 0. The molecule has 0 saturated carbocycles. The number of nitrogens with zero attached hydrogens (tertiary/aromatic N) is 1. The first-order valence-corrected chi connectivity index (χ1v) is 5.16. The third-order valence-corrected chi connectivity index (χ3v) is 3.23. The monoisotopic (exact) mass is 190 g/mol. The number of hydrogen-bond donors (Lipinski definition) is 1. The predicted octanol–water partition coefficient (Wildman–Crippen LogP) is 1.62. The number of hydrogen-bond acceptors (Lipinski definition) is 2. The van der Waals surface area contributed by atoms with E-state index >= 15 is 0 Å². The lowest BCUT2D eigenvalue weighted by Gasteiger charge is -2.21. The summed E-state index contributed by atoms with van der Waals surface area (Å²) in [5.41, 5.74) is 11.3. The summed E-state index contributed by atoms with van der Waals surface area (Å²) in [6, 6.07) is 5.01. The van der Waals surface area contributed by atoms with E-state index in [0.717, 1.165) is 13.0 Å². The van der Waals surface area contributed by atoms with E-state index in [4.69, 9.17) is 5.73 Å². The normalized spacial score (nSPS) is 20.0. The molecule has 1 aromatic rings. The van der Waals surface area contributed by atoms with E-state index < -0.39 is 0 Å². The first-order chi connectivity index (χ1) is 6.63. The van der Waals surface area contributed by atoms with Gasteiger partial charge in [0.05, 0.1) is 0 Å². The van der Waals surface area contributed by atoms with Crippen LogP contribution in [-0.4, -0.2) is 19.6 Å². The molecule has 0 fully saturated rings. The number of nitrogens with two attached hydrogens (primary N) is 1. The quantitative estimate of drug-likeness (QED) is 0.729. The van der Waals surface area contributed by atoms with Crippen molar-refractivity contribution in [2.45, 2.75) is 26.3 Å². The van der Waals surface area contributed by atoms with Gasteiger partial charge >= 0.3 is 0 Å². The average Bonchev–Trinajstić information content (AvgIpc) is 2.44. The van der Waals surface area contributed by atoms with Gasteiger partial charge in [-0.2, -0.15) is 0 Å². The number of likely N-dealkylation sites (N-methyl/N-ethyl adjacent to an activating group) is 1. The Labute approximate surface area is 85.7 Å². The highest BCUT2D eigenvalue weighted by Gasteiger charge is 2.26. The second-order valence-electron chi connectivity index (χ2n) is 4.28. The van der Waals surface area contributed by atoms with Crippen LogP contribution < -0.4 is 10.6 Å². The van der Waals surface area contributed by atoms with Gasteiger partial charge in [0.2, 0.25) is 0 Å². The SMILES string of the molecule is Cc1cc(C)c2c(c1)N(C)C(CN)C2. The summed E-state index contributed by atoms with van der Waals surface area (Å²) in [6.07, 6.45) is 1.11. The predicted molar refractivity (Wildman–Crippen MR) is 60.9 cm³/mol. The van der Waals surface area contributed by atoms with Gasteiger partial charge in [-0.05, 0) is 43.0 Å². The molecule has 1 aliphatic heterocycles. The van der Waals surface area contributed by atoms with Crippen molar-refractivity contribution in [1.29, 1.82) is 0 Å². The lowest BCUT2D eigenvalue weighted by Crippen LogP contribution is -2.34. The first kappa shape index (κ1) is 9.53. The summed E-state index contributed by atoms with van der Waals surface area (Å²) in [6.45, 7) is 5.08. The molecule has 0 spiro atoms. The molecule has 0 amide bonds. The van der Waals surface area contributed by atoms with Gasteiger partial charge in [0.1, 0.15) is 0 Å². The smallest absolute Gasteiger partial charge is 0.0450 e. The van der Waals surface area contributed by atoms with Crippen LogP contribution in [0.2, 0.25) is 0 Å². The molecular weight excluding hydrogens is 172 g/mol.